The smallest absolute Gasteiger partial charge is 0.192 e. The van der Waals surface area contributed by atoms with Gasteiger partial charge in [0.15, 0.2) is 16.6 Å². The van der Waals surface area contributed by atoms with E-state index in [4.69, 9.17) is 25.1 Å². The average molecular weight is 468 g/mol. The third-order valence-corrected chi connectivity index (χ3v) is 16.6. The van der Waals surface area contributed by atoms with Crippen molar-refractivity contribution in [3.8, 4) is 5.75 Å². The first kappa shape index (κ1) is 26.2. The molecule has 178 valence electrons. The van der Waals surface area contributed by atoms with Crippen LogP contribution in [0.5, 0.6) is 5.75 Å². The number of hydrogen-bond donors (Lipinski definition) is 2. The third kappa shape index (κ3) is 6.24. The minimum atomic E-state index is -1.92. The first-order chi connectivity index (χ1) is 13.9. The minimum Gasteiger partial charge on any atom is -0.488 e. The minimum absolute atomic E-state index is 0.0203. The van der Waals surface area contributed by atoms with E-state index in [1.807, 2.05) is 0 Å². The lowest BCUT2D eigenvalue weighted by molar-refractivity contribution is 0.1000. The maximum absolute atomic E-state index is 6.87. The van der Waals surface area contributed by atoms with Gasteiger partial charge in [-0.2, -0.15) is 0 Å². The van der Waals surface area contributed by atoms with Gasteiger partial charge >= 0.3 is 0 Å². The number of nitrogen functional groups attached to an aromatic ring is 2. The van der Waals surface area contributed by atoms with Crippen LogP contribution in [0, 0.1) is 5.92 Å². The molecule has 0 aromatic carbocycles. The summed E-state index contributed by atoms with van der Waals surface area (Å²) in [5.41, 5.74) is 12.4. The van der Waals surface area contributed by atoms with Gasteiger partial charge in [-0.1, -0.05) is 41.5 Å². The molecule has 0 spiro atoms. The summed E-state index contributed by atoms with van der Waals surface area (Å²) >= 11 is 0. The summed E-state index contributed by atoms with van der Waals surface area (Å²) in [5.74, 6) is 1.21. The molecule has 1 aliphatic rings. The van der Waals surface area contributed by atoms with Crippen molar-refractivity contribution >= 4 is 28.1 Å². The summed E-state index contributed by atoms with van der Waals surface area (Å²) < 4.78 is 19.8. The molecule has 1 aromatic heterocycles. The number of nitrogens with two attached hydrogens (primary N) is 2. The molecule has 3 atom stereocenters. The first-order valence-corrected chi connectivity index (χ1v) is 17.2. The Kier molecular flexibility index (Phi) is 7.63. The monoisotopic (exact) mass is 467 g/mol. The van der Waals surface area contributed by atoms with Gasteiger partial charge in [0, 0.05) is 31.2 Å². The van der Waals surface area contributed by atoms with Gasteiger partial charge in [-0.3, -0.25) is 0 Å². The van der Waals surface area contributed by atoms with E-state index in [-0.39, 0.29) is 22.3 Å². The summed E-state index contributed by atoms with van der Waals surface area (Å²) in [6, 6.07) is 1.79. The highest BCUT2D eigenvalue weighted by Gasteiger charge is 2.46. The van der Waals surface area contributed by atoms with Crippen molar-refractivity contribution < 1.29 is 13.6 Å². The van der Waals surface area contributed by atoms with Crippen LogP contribution in [0.25, 0.3) is 0 Å². The summed E-state index contributed by atoms with van der Waals surface area (Å²) in [7, 11) is -3.76. The molecule has 4 N–H and O–H groups in total. The Morgan fingerprint density at radius 2 is 1.55 bits per heavy atom. The molecule has 1 aromatic rings. The van der Waals surface area contributed by atoms with Crippen LogP contribution < -0.4 is 16.2 Å². The molecule has 1 aliphatic carbocycles. The summed E-state index contributed by atoms with van der Waals surface area (Å²) in [4.78, 5) is 4.04. The molecule has 0 amide bonds. The van der Waals surface area contributed by atoms with E-state index >= 15 is 0 Å². The molecule has 0 bridgehead atoms. The van der Waals surface area contributed by atoms with Crippen LogP contribution in [-0.2, 0) is 8.85 Å². The van der Waals surface area contributed by atoms with Crippen molar-refractivity contribution in [1.29, 1.82) is 0 Å². The predicted molar refractivity (Wildman–Crippen MR) is 135 cm³/mol. The van der Waals surface area contributed by atoms with Gasteiger partial charge in [0.2, 0.25) is 0 Å². The molecule has 0 radical (unpaired) electrons. The van der Waals surface area contributed by atoms with Gasteiger partial charge in [-0.15, -0.1) is 0 Å². The van der Waals surface area contributed by atoms with Crippen molar-refractivity contribution in [2.45, 2.75) is 103 Å². The Hall–Kier alpha value is -1.10. The maximum Gasteiger partial charge on any atom is 0.192 e. The first-order valence-electron chi connectivity index (χ1n) is 11.4. The van der Waals surface area contributed by atoms with Crippen LogP contribution in [-0.4, -0.2) is 40.4 Å². The Balaban J connectivity index is 2.19. The van der Waals surface area contributed by atoms with Gasteiger partial charge in [0.05, 0.1) is 6.10 Å². The average Bonchev–Trinajstić information content (AvgIpc) is 2.96. The molecular weight excluding hydrogens is 422 g/mol. The van der Waals surface area contributed by atoms with Gasteiger partial charge in [0.25, 0.3) is 0 Å². The molecule has 1 saturated carbocycles. The highest BCUT2D eigenvalue weighted by molar-refractivity contribution is 6.74. The van der Waals surface area contributed by atoms with E-state index in [2.05, 4.69) is 72.7 Å². The van der Waals surface area contributed by atoms with E-state index in [1.165, 1.54) is 0 Å². The van der Waals surface area contributed by atoms with E-state index in [1.54, 1.807) is 12.3 Å². The van der Waals surface area contributed by atoms with E-state index in [0.29, 0.717) is 29.8 Å². The zero-order valence-corrected chi connectivity index (χ0v) is 23.3. The van der Waals surface area contributed by atoms with Gasteiger partial charge in [0.1, 0.15) is 23.4 Å². The number of ether oxygens (including phenoxy) is 1. The van der Waals surface area contributed by atoms with Crippen molar-refractivity contribution in [3.63, 3.8) is 0 Å². The van der Waals surface area contributed by atoms with Crippen molar-refractivity contribution in [3.05, 3.63) is 12.3 Å². The van der Waals surface area contributed by atoms with Gasteiger partial charge < -0.3 is 25.1 Å². The fraction of sp³-hybridized carbons (Fsp3) is 0.783. The Morgan fingerprint density at radius 3 is 2.10 bits per heavy atom. The van der Waals surface area contributed by atoms with E-state index in [9.17, 15) is 0 Å². The Bertz CT molecular complexity index is 757. The van der Waals surface area contributed by atoms with Crippen LogP contribution in [0.2, 0.25) is 36.3 Å². The van der Waals surface area contributed by atoms with Crippen molar-refractivity contribution in [2.24, 2.45) is 5.92 Å². The molecule has 31 heavy (non-hydrogen) atoms. The predicted octanol–water partition coefficient (Wildman–Crippen LogP) is 5.82. The largest absolute Gasteiger partial charge is 0.488 e. The molecule has 2 rings (SSSR count). The molecule has 1 fully saturated rings. The summed E-state index contributed by atoms with van der Waals surface area (Å²) in [5, 5.41) is 0.334. The summed E-state index contributed by atoms with van der Waals surface area (Å²) in [6.07, 6.45) is 3.50. The maximum atomic E-state index is 6.87. The zero-order chi connectivity index (χ0) is 23.8. The quantitative estimate of drug-likeness (QED) is 0.491. The SMILES string of the molecule is CC(C)(C)[Si](C)(C)OC[C@@H]1C[C@@H](Oc2ccnc(N)c2N)C[C@@H]1O[Si](C)(C)C(C)(C)C. The fourth-order valence-corrected chi connectivity index (χ4v) is 5.76. The van der Waals surface area contributed by atoms with Crippen LogP contribution in [0.4, 0.5) is 11.5 Å². The van der Waals surface area contributed by atoms with Gasteiger partial charge in [-0.05, 0) is 42.7 Å². The van der Waals surface area contributed by atoms with E-state index in [0.717, 1.165) is 12.8 Å². The second-order valence-corrected chi connectivity index (χ2v) is 21.6. The number of anilines is 2. The van der Waals surface area contributed by atoms with E-state index < -0.39 is 16.6 Å². The van der Waals surface area contributed by atoms with Gasteiger partial charge in [-0.25, -0.2) is 4.98 Å². The lowest BCUT2D eigenvalue weighted by Gasteiger charge is -2.41. The molecule has 0 aliphatic heterocycles. The number of nitrogens with zero attached hydrogens (tertiary/aromatic N) is 1. The van der Waals surface area contributed by atoms with Crippen LogP contribution >= 0.6 is 0 Å². The van der Waals surface area contributed by atoms with Crippen LogP contribution in [0.3, 0.4) is 0 Å². The standard InChI is InChI=1S/C23H45N3O3Si2/c1-22(2,3)30(7,8)27-15-16-13-17(28-18-11-12-26-21(25)20(18)24)14-19(16)29-31(9,10)23(4,5)6/h11-12,16-17,19H,13-15,24H2,1-10H3,(H2,25,26)/t16-,17+,19-/m0/s1. The molecular formula is C23H45N3O3Si2. The second kappa shape index (κ2) is 9.04. The Morgan fingerprint density at radius 1 is 0.968 bits per heavy atom. The van der Waals surface area contributed by atoms with Crippen molar-refractivity contribution in [2.75, 3.05) is 18.1 Å². The lowest BCUT2D eigenvalue weighted by atomic mass is 10.1. The highest BCUT2D eigenvalue weighted by atomic mass is 28.4. The molecule has 1 heterocycles. The zero-order valence-electron chi connectivity index (χ0n) is 21.3. The number of aromatic nitrogens is 1. The second-order valence-electron chi connectivity index (χ2n) is 12.1. The molecule has 8 heteroatoms. The van der Waals surface area contributed by atoms with Crippen LogP contribution in [0.15, 0.2) is 12.3 Å². The molecule has 0 saturated heterocycles. The molecule has 0 unspecified atom stereocenters. The number of pyridine rings is 1. The number of rotatable bonds is 7. The topological polar surface area (TPSA) is 92.6 Å². The highest BCUT2D eigenvalue weighted by Crippen LogP contribution is 2.43. The fourth-order valence-electron chi connectivity index (χ4n) is 3.29. The lowest BCUT2D eigenvalue weighted by Crippen LogP contribution is -2.46. The van der Waals surface area contributed by atoms with Crippen LogP contribution in [0.1, 0.15) is 54.4 Å². The normalized spacial score (nSPS) is 23.2. The van der Waals surface area contributed by atoms with Crippen molar-refractivity contribution in [1.82, 2.24) is 4.98 Å². The third-order valence-electron chi connectivity index (χ3n) is 7.58. The number of hydrogen-bond acceptors (Lipinski definition) is 6. The Labute approximate surface area is 191 Å². The summed E-state index contributed by atoms with van der Waals surface area (Å²) in [6.45, 7) is 23.6. The molecule has 6 nitrogen and oxygen atoms in total.